The van der Waals surface area contributed by atoms with Gasteiger partial charge in [-0.1, -0.05) is 42.5 Å². The van der Waals surface area contributed by atoms with E-state index in [4.69, 9.17) is 0 Å². The minimum atomic E-state index is -1.09. The van der Waals surface area contributed by atoms with Crippen LogP contribution in [0.2, 0.25) is 0 Å². The number of H-pyrrole nitrogens is 1. The number of carbonyl (C=O) groups excluding carboxylic acids is 2. The van der Waals surface area contributed by atoms with E-state index in [0.717, 1.165) is 10.5 Å². The van der Waals surface area contributed by atoms with Crippen molar-refractivity contribution in [2.75, 3.05) is 13.2 Å². The highest BCUT2D eigenvalue weighted by atomic mass is 16.2. The van der Waals surface area contributed by atoms with Gasteiger partial charge in [0.2, 0.25) is 0 Å². The number of quaternary nitrogens is 1. The molecule has 4 rings (SSSR count). The van der Waals surface area contributed by atoms with Crippen molar-refractivity contribution < 1.29 is 14.5 Å². The molecule has 1 saturated heterocycles. The molecule has 8 heteroatoms. The third-order valence-corrected chi connectivity index (χ3v) is 5.59. The molecule has 1 fully saturated rings. The summed E-state index contributed by atoms with van der Waals surface area (Å²) in [6.45, 7) is 4.89. The molecule has 0 bridgehead atoms. The highest BCUT2D eigenvalue weighted by molar-refractivity contribution is 6.07. The topological polar surface area (TPSA) is 99.6 Å². The second-order valence-electron chi connectivity index (χ2n) is 7.62. The number of imide groups is 1. The Bertz CT molecular complexity index is 1160. The van der Waals surface area contributed by atoms with Crippen molar-refractivity contribution in [3.05, 3.63) is 76.3 Å². The molecule has 0 spiro atoms. The summed E-state index contributed by atoms with van der Waals surface area (Å²) in [6.07, 6.45) is 0. The van der Waals surface area contributed by atoms with Gasteiger partial charge in [0, 0.05) is 0 Å². The molecule has 154 valence electrons. The number of rotatable bonds is 6. The summed E-state index contributed by atoms with van der Waals surface area (Å²) < 4.78 is 0. The average molecular weight is 406 g/mol. The molecule has 1 aliphatic heterocycles. The Morgan fingerprint density at radius 1 is 1.03 bits per heavy atom. The SMILES string of the molecule is CC[NH+](Cc1nc2ccccc2c(=O)[nH]1)CN1C(=O)N[C@](C)(c2ccccc2)C1=O. The lowest BCUT2D eigenvalue weighted by molar-refractivity contribution is -0.919. The van der Waals surface area contributed by atoms with Gasteiger partial charge < -0.3 is 15.2 Å². The lowest BCUT2D eigenvalue weighted by atomic mass is 9.92. The Labute approximate surface area is 173 Å². The van der Waals surface area contributed by atoms with Gasteiger partial charge in [0.15, 0.2) is 12.5 Å². The standard InChI is InChI=1S/C22H23N5O3/c1-3-26(13-18-23-17-12-8-7-11-16(17)19(28)24-18)14-27-20(29)22(2,25-21(27)30)15-9-5-4-6-10-15/h4-12H,3,13-14H2,1-2H3,(H,25,30)(H,23,24,28)/p+1/t22-/m1/s1. The molecule has 0 aliphatic carbocycles. The van der Waals surface area contributed by atoms with Crippen LogP contribution in [0.25, 0.3) is 10.9 Å². The third-order valence-electron chi connectivity index (χ3n) is 5.59. The number of nitrogens with one attached hydrogen (secondary N) is 3. The average Bonchev–Trinajstić information content (AvgIpc) is 2.97. The van der Waals surface area contributed by atoms with E-state index >= 15 is 0 Å². The Hall–Kier alpha value is -3.52. The first-order valence-corrected chi connectivity index (χ1v) is 9.93. The summed E-state index contributed by atoms with van der Waals surface area (Å²) in [5.74, 6) is 0.234. The summed E-state index contributed by atoms with van der Waals surface area (Å²) in [4.78, 5) is 47.6. The van der Waals surface area contributed by atoms with Gasteiger partial charge >= 0.3 is 6.03 Å². The lowest BCUT2D eigenvalue weighted by Crippen LogP contribution is -3.12. The quantitative estimate of drug-likeness (QED) is 0.526. The summed E-state index contributed by atoms with van der Waals surface area (Å²) in [5, 5.41) is 3.36. The number of urea groups is 1. The maximum absolute atomic E-state index is 13.1. The first-order valence-electron chi connectivity index (χ1n) is 9.93. The molecule has 2 atom stereocenters. The number of benzene rings is 2. The van der Waals surface area contributed by atoms with Crippen LogP contribution in [0.3, 0.4) is 0 Å². The van der Waals surface area contributed by atoms with E-state index in [1.54, 1.807) is 25.1 Å². The van der Waals surface area contributed by atoms with Crippen LogP contribution in [-0.2, 0) is 16.9 Å². The van der Waals surface area contributed by atoms with Crippen LogP contribution >= 0.6 is 0 Å². The Balaban J connectivity index is 1.55. The molecular weight excluding hydrogens is 382 g/mol. The molecular formula is C22H24N5O3+. The van der Waals surface area contributed by atoms with Gasteiger partial charge in [-0.15, -0.1) is 0 Å². The fraction of sp³-hybridized carbons (Fsp3) is 0.273. The van der Waals surface area contributed by atoms with Crippen molar-refractivity contribution in [2.24, 2.45) is 0 Å². The van der Waals surface area contributed by atoms with Crippen LogP contribution in [-0.4, -0.2) is 40.0 Å². The number of aromatic nitrogens is 2. The summed E-state index contributed by atoms with van der Waals surface area (Å²) >= 11 is 0. The lowest BCUT2D eigenvalue weighted by Gasteiger charge is -2.24. The molecule has 0 radical (unpaired) electrons. The smallest absolute Gasteiger partial charge is 0.319 e. The van der Waals surface area contributed by atoms with Gasteiger partial charge in [-0.2, -0.15) is 0 Å². The van der Waals surface area contributed by atoms with Gasteiger partial charge in [-0.3, -0.25) is 9.59 Å². The molecule has 0 saturated carbocycles. The van der Waals surface area contributed by atoms with Crippen LogP contribution in [0.15, 0.2) is 59.4 Å². The van der Waals surface area contributed by atoms with Crippen molar-refractivity contribution in [1.82, 2.24) is 20.2 Å². The number of hydrogen-bond donors (Lipinski definition) is 3. The van der Waals surface area contributed by atoms with Crippen molar-refractivity contribution in [3.8, 4) is 0 Å². The van der Waals surface area contributed by atoms with Crippen LogP contribution in [0.5, 0.6) is 0 Å². The molecule has 1 unspecified atom stereocenters. The number of amides is 3. The van der Waals surface area contributed by atoms with Crippen molar-refractivity contribution in [2.45, 2.75) is 25.9 Å². The van der Waals surface area contributed by atoms with E-state index in [-0.39, 0.29) is 18.1 Å². The number of hydrogen-bond acceptors (Lipinski definition) is 4. The number of fused-ring (bicyclic) bond motifs is 1. The number of aromatic amines is 1. The number of nitrogens with zero attached hydrogens (tertiary/aromatic N) is 2. The van der Waals surface area contributed by atoms with Crippen molar-refractivity contribution in [3.63, 3.8) is 0 Å². The second kappa shape index (κ2) is 7.72. The van der Waals surface area contributed by atoms with E-state index in [2.05, 4.69) is 15.3 Å². The van der Waals surface area contributed by atoms with Crippen LogP contribution < -0.4 is 15.8 Å². The molecule has 1 aliphatic rings. The fourth-order valence-electron chi connectivity index (χ4n) is 3.78. The van der Waals surface area contributed by atoms with E-state index in [9.17, 15) is 14.4 Å². The van der Waals surface area contributed by atoms with Gasteiger partial charge in [0.05, 0.1) is 17.4 Å². The minimum Gasteiger partial charge on any atom is -0.319 e. The summed E-state index contributed by atoms with van der Waals surface area (Å²) in [7, 11) is 0. The molecule has 1 aromatic heterocycles. The van der Waals surface area contributed by atoms with Gasteiger partial charge in [0.1, 0.15) is 12.1 Å². The predicted octanol–water partition coefficient (Wildman–Crippen LogP) is 0.753. The summed E-state index contributed by atoms with van der Waals surface area (Å²) in [5.41, 5.74) is 0.0765. The van der Waals surface area contributed by atoms with Crippen LogP contribution in [0.4, 0.5) is 4.79 Å². The molecule has 3 aromatic rings. The largest absolute Gasteiger partial charge is 0.329 e. The first-order chi connectivity index (χ1) is 14.4. The van der Waals surface area contributed by atoms with Crippen molar-refractivity contribution in [1.29, 1.82) is 0 Å². The molecule has 30 heavy (non-hydrogen) atoms. The Kier molecular flexibility index (Phi) is 5.09. The zero-order chi connectivity index (χ0) is 21.3. The van der Waals surface area contributed by atoms with E-state index in [0.29, 0.717) is 29.8 Å². The van der Waals surface area contributed by atoms with Gasteiger partial charge in [0.25, 0.3) is 11.5 Å². The van der Waals surface area contributed by atoms with Crippen LogP contribution in [0, 0.1) is 0 Å². The summed E-state index contributed by atoms with van der Waals surface area (Å²) in [6, 6.07) is 15.9. The molecule has 2 aromatic carbocycles. The Morgan fingerprint density at radius 3 is 2.47 bits per heavy atom. The zero-order valence-electron chi connectivity index (χ0n) is 16.9. The first kappa shape index (κ1) is 19.8. The maximum Gasteiger partial charge on any atom is 0.329 e. The van der Waals surface area contributed by atoms with Crippen LogP contribution in [0.1, 0.15) is 25.2 Å². The fourth-order valence-corrected chi connectivity index (χ4v) is 3.78. The van der Waals surface area contributed by atoms with Crippen molar-refractivity contribution >= 4 is 22.8 Å². The second-order valence-corrected chi connectivity index (χ2v) is 7.62. The van der Waals surface area contributed by atoms with E-state index < -0.39 is 11.6 Å². The molecule has 8 nitrogen and oxygen atoms in total. The predicted molar refractivity (Wildman–Crippen MR) is 112 cm³/mol. The number of carbonyl (C=O) groups is 2. The van der Waals surface area contributed by atoms with E-state index in [1.807, 2.05) is 43.3 Å². The number of para-hydroxylation sites is 1. The maximum atomic E-state index is 13.1. The monoisotopic (exact) mass is 406 g/mol. The van der Waals surface area contributed by atoms with E-state index in [1.165, 1.54) is 4.90 Å². The molecule has 2 heterocycles. The molecule has 3 amide bonds. The Morgan fingerprint density at radius 2 is 1.73 bits per heavy atom. The highest BCUT2D eigenvalue weighted by Crippen LogP contribution is 2.27. The van der Waals surface area contributed by atoms with Gasteiger partial charge in [-0.05, 0) is 31.5 Å². The minimum absolute atomic E-state index is 0.181. The zero-order valence-corrected chi connectivity index (χ0v) is 16.9. The highest BCUT2D eigenvalue weighted by Gasteiger charge is 2.50. The van der Waals surface area contributed by atoms with Gasteiger partial charge in [-0.25, -0.2) is 14.7 Å². The third kappa shape index (κ3) is 3.46. The normalized spacial score (nSPS) is 19.9. The molecule has 3 N–H and O–H groups in total.